The van der Waals surface area contributed by atoms with Gasteiger partial charge in [0.15, 0.2) is 11.5 Å². The normalized spacial score (nSPS) is 10.8. The first-order valence-electron chi connectivity index (χ1n) is 8.59. The number of nitrogens with zero attached hydrogens (tertiary/aromatic N) is 1. The Morgan fingerprint density at radius 3 is 2.46 bits per heavy atom. The topological polar surface area (TPSA) is 80.6 Å². The lowest BCUT2D eigenvalue weighted by Crippen LogP contribution is -2.13. The van der Waals surface area contributed by atoms with Crippen molar-refractivity contribution in [3.8, 4) is 23.3 Å². The largest absolute Gasteiger partial charge is 0.495 e. The van der Waals surface area contributed by atoms with Gasteiger partial charge in [0.1, 0.15) is 17.4 Å². The van der Waals surface area contributed by atoms with Gasteiger partial charge in [-0.1, -0.05) is 24.6 Å². The molecule has 0 aliphatic carbocycles. The maximum Gasteiger partial charge on any atom is 0.266 e. The third-order valence-electron chi connectivity index (χ3n) is 3.74. The summed E-state index contributed by atoms with van der Waals surface area (Å²) in [6, 6.07) is 11.9. The molecule has 2 aromatic carbocycles. The molecule has 6 nitrogen and oxygen atoms in total. The Morgan fingerprint density at radius 1 is 1.14 bits per heavy atom. The Hall–Kier alpha value is -3.17. The van der Waals surface area contributed by atoms with E-state index in [4.69, 9.17) is 25.8 Å². The number of methoxy groups -OCH3 is 2. The van der Waals surface area contributed by atoms with Crippen molar-refractivity contribution in [3.63, 3.8) is 0 Å². The van der Waals surface area contributed by atoms with Crippen molar-refractivity contribution in [2.75, 3.05) is 26.1 Å². The molecule has 0 unspecified atom stereocenters. The molecule has 7 heteroatoms. The zero-order chi connectivity index (χ0) is 20.5. The van der Waals surface area contributed by atoms with Crippen molar-refractivity contribution in [1.29, 1.82) is 5.26 Å². The second kappa shape index (κ2) is 10.2. The molecule has 0 saturated heterocycles. The van der Waals surface area contributed by atoms with E-state index in [-0.39, 0.29) is 5.57 Å². The number of nitrogens with one attached hydrogen (secondary N) is 1. The van der Waals surface area contributed by atoms with Gasteiger partial charge in [-0.3, -0.25) is 4.79 Å². The summed E-state index contributed by atoms with van der Waals surface area (Å²) in [5.41, 5.74) is 1.04. The van der Waals surface area contributed by atoms with Crippen LogP contribution in [0.15, 0.2) is 42.0 Å². The maximum atomic E-state index is 12.5. The monoisotopic (exact) mass is 400 g/mol. The van der Waals surface area contributed by atoms with Gasteiger partial charge in [-0.2, -0.15) is 5.26 Å². The minimum Gasteiger partial charge on any atom is -0.495 e. The fourth-order valence-electron chi connectivity index (χ4n) is 2.37. The molecule has 0 heterocycles. The minimum atomic E-state index is -0.546. The Labute approximate surface area is 169 Å². The van der Waals surface area contributed by atoms with E-state index in [1.807, 2.05) is 13.0 Å². The summed E-state index contributed by atoms with van der Waals surface area (Å²) in [6.07, 6.45) is 2.33. The van der Waals surface area contributed by atoms with E-state index in [0.717, 1.165) is 6.42 Å². The predicted molar refractivity (Wildman–Crippen MR) is 109 cm³/mol. The summed E-state index contributed by atoms with van der Waals surface area (Å²) >= 11 is 6.06. The fraction of sp³-hybridized carbons (Fsp3) is 0.238. The number of amides is 1. The van der Waals surface area contributed by atoms with Crippen LogP contribution in [0.1, 0.15) is 18.9 Å². The van der Waals surface area contributed by atoms with E-state index in [1.54, 1.807) is 43.5 Å². The summed E-state index contributed by atoms with van der Waals surface area (Å²) in [5.74, 6) is 1.09. The lowest BCUT2D eigenvalue weighted by atomic mass is 10.1. The van der Waals surface area contributed by atoms with E-state index >= 15 is 0 Å². The van der Waals surface area contributed by atoms with Crippen LogP contribution in [0, 0.1) is 11.3 Å². The number of benzene rings is 2. The fourth-order valence-corrected chi connectivity index (χ4v) is 2.62. The van der Waals surface area contributed by atoms with Crippen LogP contribution in [0.25, 0.3) is 6.08 Å². The molecule has 1 N–H and O–H groups in total. The van der Waals surface area contributed by atoms with Crippen LogP contribution < -0.4 is 19.5 Å². The highest BCUT2D eigenvalue weighted by atomic mass is 35.5. The van der Waals surface area contributed by atoms with E-state index in [2.05, 4.69) is 5.32 Å². The van der Waals surface area contributed by atoms with Crippen molar-refractivity contribution in [2.45, 2.75) is 13.3 Å². The van der Waals surface area contributed by atoms with Crippen LogP contribution in [0.2, 0.25) is 5.02 Å². The maximum absolute atomic E-state index is 12.5. The number of nitriles is 1. The van der Waals surface area contributed by atoms with E-state index in [9.17, 15) is 10.1 Å². The number of hydrogen-bond donors (Lipinski definition) is 1. The van der Waals surface area contributed by atoms with Crippen LogP contribution in [0.3, 0.4) is 0 Å². The minimum absolute atomic E-state index is 0.0569. The Balaban J connectivity index is 2.24. The van der Waals surface area contributed by atoms with Crippen LogP contribution in [0.4, 0.5) is 5.69 Å². The van der Waals surface area contributed by atoms with E-state index < -0.39 is 5.91 Å². The molecule has 0 aliphatic heterocycles. The van der Waals surface area contributed by atoms with E-state index in [1.165, 1.54) is 13.2 Å². The lowest BCUT2D eigenvalue weighted by Gasteiger charge is -2.11. The zero-order valence-corrected chi connectivity index (χ0v) is 16.7. The van der Waals surface area contributed by atoms with Gasteiger partial charge in [0.2, 0.25) is 0 Å². The number of halogens is 1. The highest BCUT2D eigenvalue weighted by Crippen LogP contribution is 2.30. The van der Waals surface area contributed by atoms with Crippen molar-refractivity contribution >= 4 is 29.3 Å². The molecule has 0 aliphatic rings. The Kier molecular flexibility index (Phi) is 7.73. The second-order valence-corrected chi connectivity index (χ2v) is 6.14. The van der Waals surface area contributed by atoms with Crippen LogP contribution in [0.5, 0.6) is 17.2 Å². The lowest BCUT2D eigenvalue weighted by molar-refractivity contribution is -0.112. The highest BCUT2D eigenvalue weighted by Gasteiger charge is 2.12. The average molecular weight is 401 g/mol. The molecule has 146 valence electrons. The zero-order valence-electron chi connectivity index (χ0n) is 15.9. The Morgan fingerprint density at radius 2 is 1.86 bits per heavy atom. The highest BCUT2D eigenvalue weighted by molar-refractivity contribution is 6.32. The summed E-state index contributed by atoms with van der Waals surface area (Å²) in [6.45, 7) is 2.53. The number of anilines is 1. The first kappa shape index (κ1) is 21.1. The first-order valence-corrected chi connectivity index (χ1v) is 8.97. The summed E-state index contributed by atoms with van der Waals surface area (Å²) in [7, 11) is 3.06. The molecule has 0 spiro atoms. The molecule has 2 aromatic rings. The average Bonchev–Trinajstić information content (AvgIpc) is 2.70. The quantitative estimate of drug-likeness (QED) is 0.513. The molecule has 0 atom stereocenters. The van der Waals surface area contributed by atoms with Gasteiger partial charge < -0.3 is 19.5 Å². The molecular weight excluding hydrogens is 380 g/mol. The number of rotatable bonds is 8. The third kappa shape index (κ3) is 5.41. The molecule has 0 aromatic heterocycles. The Bertz CT molecular complexity index is 919. The standard InChI is InChI=1S/C21H21ClN2O4/c1-4-9-28-20-11-14(5-7-19(20)27-3)10-15(13-23)21(25)24-16-6-8-18(26-2)17(22)12-16/h5-8,10-12H,4,9H2,1-3H3,(H,24,25)/b15-10-. The molecule has 0 fully saturated rings. The number of carbonyl (C=O) groups is 1. The first-order chi connectivity index (χ1) is 13.5. The summed E-state index contributed by atoms with van der Waals surface area (Å²) in [4.78, 5) is 12.5. The van der Waals surface area contributed by atoms with Crippen molar-refractivity contribution in [3.05, 3.63) is 52.6 Å². The summed E-state index contributed by atoms with van der Waals surface area (Å²) < 4.78 is 16.0. The van der Waals surface area contributed by atoms with Crippen molar-refractivity contribution in [1.82, 2.24) is 0 Å². The molecule has 0 bridgehead atoms. The summed E-state index contributed by atoms with van der Waals surface area (Å²) in [5, 5.41) is 12.4. The van der Waals surface area contributed by atoms with Gasteiger partial charge in [0, 0.05) is 5.69 Å². The molecular formula is C21H21ClN2O4. The SMILES string of the molecule is CCCOc1cc(/C=C(/C#N)C(=O)Nc2ccc(OC)c(Cl)c2)ccc1OC. The van der Waals surface area contributed by atoms with Gasteiger partial charge in [0.25, 0.3) is 5.91 Å². The molecule has 0 saturated carbocycles. The van der Waals surface area contributed by atoms with Crippen LogP contribution in [-0.2, 0) is 4.79 Å². The number of carbonyl (C=O) groups excluding carboxylic acids is 1. The van der Waals surface area contributed by atoms with Crippen LogP contribution >= 0.6 is 11.6 Å². The van der Waals surface area contributed by atoms with Gasteiger partial charge in [0.05, 0.1) is 25.8 Å². The molecule has 0 radical (unpaired) electrons. The second-order valence-electron chi connectivity index (χ2n) is 5.73. The molecule has 1 amide bonds. The number of ether oxygens (including phenoxy) is 3. The third-order valence-corrected chi connectivity index (χ3v) is 4.03. The van der Waals surface area contributed by atoms with Gasteiger partial charge in [-0.05, 0) is 48.4 Å². The van der Waals surface area contributed by atoms with Gasteiger partial charge in [-0.25, -0.2) is 0 Å². The van der Waals surface area contributed by atoms with Crippen LogP contribution in [-0.4, -0.2) is 26.7 Å². The number of hydrogen-bond acceptors (Lipinski definition) is 5. The van der Waals surface area contributed by atoms with E-state index in [0.29, 0.717) is 40.1 Å². The molecule has 28 heavy (non-hydrogen) atoms. The van der Waals surface area contributed by atoms with Crippen molar-refractivity contribution < 1.29 is 19.0 Å². The molecule has 2 rings (SSSR count). The van der Waals surface area contributed by atoms with Gasteiger partial charge >= 0.3 is 0 Å². The predicted octanol–water partition coefficient (Wildman–Crippen LogP) is 4.69. The smallest absolute Gasteiger partial charge is 0.266 e. The van der Waals surface area contributed by atoms with Crippen molar-refractivity contribution in [2.24, 2.45) is 0 Å². The van der Waals surface area contributed by atoms with Gasteiger partial charge in [-0.15, -0.1) is 0 Å².